The summed E-state index contributed by atoms with van der Waals surface area (Å²) in [6, 6.07) is 4.92. The molecular weight excluding hydrogens is 444 g/mol. The molecule has 2 fully saturated rings. The number of alkyl halides is 1. The van der Waals surface area contributed by atoms with Gasteiger partial charge >= 0.3 is 0 Å². The molecule has 1 aliphatic heterocycles. The SMILES string of the molecule is COc1cc2nc(NCCNC(=O)CCl)nc(NC3CCN(C4CCC4)CC3)c2cc1OC. The van der Waals surface area contributed by atoms with Crippen LogP contribution in [0.25, 0.3) is 10.9 Å². The molecule has 1 saturated carbocycles. The molecule has 10 heteroatoms. The van der Waals surface area contributed by atoms with Crippen LogP contribution in [0.4, 0.5) is 11.8 Å². The Morgan fingerprint density at radius 3 is 2.45 bits per heavy atom. The molecule has 1 amide bonds. The third-order valence-corrected chi connectivity index (χ3v) is 6.76. The van der Waals surface area contributed by atoms with Crippen LogP contribution in [0.1, 0.15) is 32.1 Å². The van der Waals surface area contributed by atoms with E-state index in [0.29, 0.717) is 36.6 Å². The van der Waals surface area contributed by atoms with Gasteiger partial charge < -0.3 is 30.3 Å². The number of aromatic nitrogens is 2. The number of piperidine rings is 1. The Hall–Kier alpha value is -2.52. The van der Waals surface area contributed by atoms with Gasteiger partial charge in [-0.1, -0.05) is 6.42 Å². The summed E-state index contributed by atoms with van der Waals surface area (Å²) < 4.78 is 11.0. The molecule has 2 aromatic rings. The summed E-state index contributed by atoms with van der Waals surface area (Å²) in [7, 11) is 3.23. The molecule has 3 N–H and O–H groups in total. The maximum absolute atomic E-state index is 11.4. The number of halogens is 1. The van der Waals surface area contributed by atoms with Crippen molar-refractivity contribution < 1.29 is 14.3 Å². The fourth-order valence-corrected chi connectivity index (χ4v) is 4.52. The molecule has 0 atom stereocenters. The van der Waals surface area contributed by atoms with Crippen molar-refractivity contribution in [1.29, 1.82) is 0 Å². The topological polar surface area (TPSA) is 101 Å². The van der Waals surface area contributed by atoms with E-state index in [1.807, 2.05) is 12.1 Å². The number of nitrogens with zero attached hydrogens (tertiary/aromatic N) is 3. The van der Waals surface area contributed by atoms with Crippen LogP contribution in [0.3, 0.4) is 0 Å². The average Bonchev–Trinajstić information content (AvgIpc) is 2.80. The minimum absolute atomic E-state index is 0.0538. The Labute approximate surface area is 199 Å². The van der Waals surface area contributed by atoms with Crippen LogP contribution < -0.4 is 25.4 Å². The second-order valence-electron chi connectivity index (χ2n) is 8.57. The van der Waals surface area contributed by atoms with E-state index in [1.54, 1.807) is 14.2 Å². The molecule has 9 nitrogen and oxygen atoms in total. The number of nitrogens with one attached hydrogen (secondary N) is 3. The van der Waals surface area contributed by atoms with Crippen LogP contribution in [0.5, 0.6) is 11.5 Å². The number of carbonyl (C=O) groups is 1. The van der Waals surface area contributed by atoms with Gasteiger partial charge in [0.2, 0.25) is 11.9 Å². The molecule has 2 aliphatic rings. The van der Waals surface area contributed by atoms with Gasteiger partial charge in [-0.3, -0.25) is 4.79 Å². The summed E-state index contributed by atoms with van der Waals surface area (Å²) in [5, 5.41) is 10.5. The largest absolute Gasteiger partial charge is 0.493 e. The van der Waals surface area contributed by atoms with Crippen LogP contribution in [-0.4, -0.2) is 79.1 Å². The van der Waals surface area contributed by atoms with E-state index in [1.165, 1.54) is 19.3 Å². The molecule has 1 saturated heterocycles. The lowest BCUT2D eigenvalue weighted by molar-refractivity contribution is -0.118. The monoisotopic (exact) mass is 476 g/mol. The number of fused-ring (bicyclic) bond motifs is 1. The van der Waals surface area contributed by atoms with E-state index in [-0.39, 0.29) is 11.8 Å². The normalized spacial score (nSPS) is 17.4. The minimum atomic E-state index is -0.203. The highest BCUT2D eigenvalue weighted by Gasteiger charge is 2.29. The van der Waals surface area contributed by atoms with Gasteiger partial charge in [0, 0.05) is 49.7 Å². The fourth-order valence-electron chi connectivity index (χ4n) is 4.42. The predicted octanol–water partition coefficient (Wildman–Crippen LogP) is 2.84. The number of methoxy groups -OCH3 is 2. The quantitative estimate of drug-likeness (QED) is 0.355. The number of rotatable bonds is 10. The zero-order valence-corrected chi connectivity index (χ0v) is 20.1. The van der Waals surface area contributed by atoms with Crippen molar-refractivity contribution in [2.24, 2.45) is 0 Å². The predicted molar refractivity (Wildman–Crippen MR) is 131 cm³/mol. The van der Waals surface area contributed by atoms with E-state index < -0.39 is 0 Å². The van der Waals surface area contributed by atoms with Crippen LogP contribution >= 0.6 is 11.6 Å². The zero-order chi connectivity index (χ0) is 23.2. The summed E-state index contributed by atoms with van der Waals surface area (Å²) in [5.74, 6) is 2.26. The molecule has 180 valence electrons. The number of likely N-dealkylation sites (tertiary alicyclic amines) is 1. The Morgan fingerprint density at radius 2 is 1.82 bits per heavy atom. The van der Waals surface area contributed by atoms with Crippen molar-refractivity contribution in [3.8, 4) is 11.5 Å². The highest BCUT2D eigenvalue weighted by Crippen LogP contribution is 2.35. The number of ether oxygens (including phenoxy) is 2. The smallest absolute Gasteiger partial charge is 0.234 e. The second kappa shape index (κ2) is 11.1. The summed E-state index contributed by atoms with van der Waals surface area (Å²) in [6.07, 6.45) is 6.23. The highest BCUT2D eigenvalue weighted by atomic mass is 35.5. The summed E-state index contributed by atoms with van der Waals surface area (Å²) in [5.41, 5.74) is 0.754. The number of carbonyl (C=O) groups excluding carboxylic acids is 1. The Kier molecular flexibility index (Phi) is 7.93. The van der Waals surface area contributed by atoms with Crippen LogP contribution in [-0.2, 0) is 4.79 Å². The van der Waals surface area contributed by atoms with Gasteiger partial charge in [0.05, 0.1) is 19.7 Å². The van der Waals surface area contributed by atoms with Gasteiger partial charge in [-0.2, -0.15) is 4.98 Å². The van der Waals surface area contributed by atoms with Crippen molar-refractivity contribution in [2.75, 3.05) is 56.9 Å². The molecule has 0 radical (unpaired) electrons. The molecule has 1 aliphatic carbocycles. The number of anilines is 2. The van der Waals surface area contributed by atoms with Crippen LogP contribution in [0.2, 0.25) is 0 Å². The first kappa shape index (κ1) is 23.6. The molecule has 2 heterocycles. The average molecular weight is 477 g/mol. The molecule has 4 rings (SSSR count). The maximum atomic E-state index is 11.4. The van der Waals surface area contributed by atoms with Gasteiger partial charge in [0.15, 0.2) is 11.5 Å². The number of hydrogen-bond donors (Lipinski definition) is 3. The third kappa shape index (κ3) is 5.70. The van der Waals surface area contributed by atoms with Crippen molar-refractivity contribution in [3.05, 3.63) is 12.1 Å². The van der Waals surface area contributed by atoms with E-state index in [2.05, 4.69) is 25.8 Å². The number of amides is 1. The zero-order valence-electron chi connectivity index (χ0n) is 19.3. The lowest BCUT2D eigenvalue weighted by Crippen LogP contribution is -2.47. The lowest BCUT2D eigenvalue weighted by Gasteiger charge is -2.42. The van der Waals surface area contributed by atoms with E-state index >= 15 is 0 Å². The Balaban J connectivity index is 1.52. The number of benzene rings is 1. The molecule has 0 unspecified atom stereocenters. The molecule has 0 spiro atoms. The Bertz CT molecular complexity index is 963. The van der Waals surface area contributed by atoms with Gasteiger partial charge in [0.25, 0.3) is 0 Å². The highest BCUT2D eigenvalue weighted by molar-refractivity contribution is 6.27. The van der Waals surface area contributed by atoms with Crippen molar-refractivity contribution >= 4 is 40.2 Å². The van der Waals surface area contributed by atoms with Gasteiger partial charge in [-0.15, -0.1) is 11.6 Å². The first-order valence-electron chi connectivity index (χ1n) is 11.6. The lowest BCUT2D eigenvalue weighted by atomic mass is 9.89. The summed E-state index contributed by atoms with van der Waals surface area (Å²) in [4.78, 5) is 23.4. The molecular formula is C23H33ClN6O3. The minimum Gasteiger partial charge on any atom is -0.493 e. The summed E-state index contributed by atoms with van der Waals surface area (Å²) >= 11 is 5.53. The van der Waals surface area contributed by atoms with E-state index in [0.717, 1.165) is 48.7 Å². The standard InChI is InChI=1S/C23H33ClN6O3/c1-32-19-12-17-18(13-20(19)33-2)28-23(26-9-8-25-21(31)14-24)29-22(17)27-15-6-10-30(11-7-15)16-4-3-5-16/h12-13,15-16H,3-11,14H2,1-2H3,(H,25,31)(H2,26,27,28,29). The van der Waals surface area contributed by atoms with Crippen LogP contribution in [0, 0.1) is 0 Å². The second-order valence-corrected chi connectivity index (χ2v) is 8.84. The van der Waals surface area contributed by atoms with Crippen LogP contribution in [0.15, 0.2) is 12.1 Å². The van der Waals surface area contributed by atoms with Crippen molar-refractivity contribution in [1.82, 2.24) is 20.2 Å². The van der Waals surface area contributed by atoms with E-state index in [9.17, 15) is 4.79 Å². The molecule has 33 heavy (non-hydrogen) atoms. The fraction of sp³-hybridized carbons (Fsp3) is 0.609. The first-order valence-corrected chi connectivity index (χ1v) is 12.2. The van der Waals surface area contributed by atoms with Gasteiger partial charge in [-0.05, 0) is 31.7 Å². The van der Waals surface area contributed by atoms with Crippen molar-refractivity contribution in [3.63, 3.8) is 0 Å². The van der Waals surface area contributed by atoms with Gasteiger partial charge in [0.1, 0.15) is 11.7 Å². The molecule has 1 aromatic carbocycles. The first-order chi connectivity index (χ1) is 16.1. The Morgan fingerprint density at radius 1 is 1.09 bits per heavy atom. The molecule has 1 aromatic heterocycles. The van der Waals surface area contributed by atoms with Crippen molar-refractivity contribution in [2.45, 2.75) is 44.2 Å². The third-order valence-electron chi connectivity index (χ3n) is 6.51. The van der Waals surface area contributed by atoms with Gasteiger partial charge in [-0.25, -0.2) is 4.98 Å². The number of hydrogen-bond acceptors (Lipinski definition) is 8. The summed E-state index contributed by atoms with van der Waals surface area (Å²) in [6.45, 7) is 3.16. The molecule has 0 bridgehead atoms. The maximum Gasteiger partial charge on any atom is 0.234 e. The van der Waals surface area contributed by atoms with E-state index in [4.69, 9.17) is 26.1 Å².